The zero-order valence-corrected chi connectivity index (χ0v) is 18.2. The van der Waals surface area contributed by atoms with E-state index < -0.39 is 11.9 Å². The number of rotatable bonds is 4. The van der Waals surface area contributed by atoms with E-state index in [1.165, 1.54) is 11.3 Å². The monoisotopic (exact) mass is 447 g/mol. The zero-order valence-electron chi connectivity index (χ0n) is 17.4. The van der Waals surface area contributed by atoms with Crippen molar-refractivity contribution in [3.05, 3.63) is 57.9 Å². The Hall–Kier alpha value is -2.61. The average molecular weight is 448 g/mol. The Morgan fingerprint density at radius 2 is 1.87 bits per heavy atom. The van der Waals surface area contributed by atoms with Gasteiger partial charge in [-0.2, -0.15) is 13.2 Å². The molecule has 0 saturated heterocycles. The summed E-state index contributed by atoms with van der Waals surface area (Å²) >= 11 is 1.44. The summed E-state index contributed by atoms with van der Waals surface area (Å²) in [5.74, 6) is -0.0511. The Morgan fingerprint density at radius 1 is 1.16 bits per heavy atom. The molecule has 1 saturated carbocycles. The van der Waals surface area contributed by atoms with Crippen LogP contribution in [0.3, 0.4) is 0 Å². The molecule has 2 aromatic heterocycles. The van der Waals surface area contributed by atoms with Crippen LogP contribution in [0.4, 0.5) is 18.9 Å². The molecule has 0 unspecified atom stereocenters. The Bertz CT molecular complexity index is 1090. The summed E-state index contributed by atoms with van der Waals surface area (Å²) in [6, 6.07) is 10.1. The van der Waals surface area contributed by atoms with Gasteiger partial charge >= 0.3 is 6.18 Å². The summed E-state index contributed by atoms with van der Waals surface area (Å²) in [4.78, 5) is 18.9. The number of carbonyl (C=O) groups excluding carboxylic acids is 1. The summed E-state index contributed by atoms with van der Waals surface area (Å²) in [7, 11) is 1.85. The van der Waals surface area contributed by atoms with Gasteiger partial charge in [0.1, 0.15) is 5.69 Å². The molecule has 0 aliphatic heterocycles. The van der Waals surface area contributed by atoms with Crippen LogP contribution in [-0.2, 0) is 6.18 Å². The number of pyridine rings is 1. The van der Waals surface area contributed by atoms with Crippen molar-refractivity contribution in [1.82, 2.24) is 10.3 Å². The molecule has 3 aromatic rings. The number of anilines is 1. The third-order valence-corrected chi connectivity index (χ3v) is 6.95. The lowest BCUT2D eigenvalue weighted by Crippen LogP contribution is -2.42. The molecule has 2 heterocycles. The van der Waals surface area contributed by atoms with Crippen molar-refractivity contribution in [2.24, 2.45) is 0 Å². The molecule has 1 aliphatic carbocycles. The van der Waals surface area contributed by atoms with E-state index in [0.29, 0.717) is 21.5 Å². The largest absolute Gasteiger partial charge is 0.433 e. The summed E-state index contributed by atoms with van der Waals surface area (Å²) < 4.78 is 40.2. The van der Waals surface area contributed by atoms with Gasteiger partial charge in [0.15, 0.2) is 0 Å². The van der Waals surface area contributed by atoms with E-state index in [1.807, 2.05) is 42.5 Å². The number of thiophene rings is 1. The Balaban J connectivity index is 1.48. The number of carbonyl (C=O) groups is 1. The standard InChI is InChI=1S/C23H24F3N3OS/c1-14-11-20(31-13-14)22(30)27-15-7-9-16(10-8-15)29(2)19-12-21(23(24,25)26)28-18-6-4-3-5-17(18)19/h3-6,11-13,15-16H,7-10H2,1-2H3,(H,27,30). The fraction of sp³-hybridized carbons (Fsp3) is 0.391. The molecule has 1 aliphatic rings. The third kappa shape index (κ3) is 4.69. The molecule has 0 spiro atoms. The number of hydrogen-bond donors (Lipinski definition) is 1. The molecular weight excluding hydrogens is 423 g/mol. The highest BCUT2D eigenvalue weighted by molar-refractivity contribution is 7.12. The minimum atomic E-state index is -4.50. The molecule has 4 rings (SSSR count). The van der Waals surface area contributed by atoms with Gasteiger partial charge < -0.3 is 10.2 Å². The number of hydrogen-bond acceptors (Lipinski definition) is 4. The molecule has 8 heteroatoms. The SMILES string of the molecule is Cc1csc(C(=O)NC2CCC(N(C)c3cc(C(F)(F)F)nc4ccccc34)CC2)c1. The van der Waals surface area contributed by atoms with Crippen LogP contribution in [0, 0.1) is 6.92 Å². The van der Waals surface area contributed by atoms with Crippen molar-refractivity contribution < 1.29 is 18.0 Å². The van der Waals surface area contributed by atoms with E-state index in [9.17, 15) is 18.0 Å². The van der Waals surface area contributed by atoms with E-state index in [2.05, 4.69) is 10.3 Å². The van der Waals surface area contributed by atoms with Gasteiger partial charge in [0.2, 0.25) is 0 Å². The number of aromatic nitrogens is 1. The quantitative estimate of drug-likeness (QED) is 0.550. The first kappa shape index (κ1) is 21.6. The van der Waals surface area contributed by atoms with E-state index in [4.69, 9.17) is 0 Å². The normalized spacial score (nSPS) is 19.4. The molecule has 31 heavy (non-hydrogen) atoms. The number of fused-ring (bicyclic) bond motifs is 1. The maximum Gasteiger partial charge on any atom is 0.433 e. The first-order valence-corrected chi connectivity index (χ1v) is 11.2. The second-order valence-corrected chi connectivity index (χ2v) is 9.03. The number of nitrogens with one attached hydrogen (secondary N) is 1. The maximum atomic E-state index is 13.4. The number of para-hydroxylation sites is 1. The zero-order chi connectivity index (χ0) is 22.2. The number of amides is 1. The average Bonchev–Trinajstić information content (AvgIpc) is 3.19. The molecular formula is C23H24F3N3OS. The van der Waals surface area contributed by atoms with E-state index in [1.54, 1.807) is 12.1 Å². The number of aryl methyl sites for hydroxylation is 1. The van der Waals surface area contributed by atoms with Crippen LogP contribution in [0.5, 0.6) is 0 Å². The summed E-state index contributed by atoms with van der Waals surface area (Å²) in [6.07, 6.45) is -1.33. The molecule has 0 bridgehead atoms. The minimum absolute atomic E-state index is 0.0511. The first-order chi connectivity index (χ1) is 14.7. The van der Waals surface area contributed by atoms with Crippen LogP contribution in [0.1, 0.15) is 46.6 Å². The van der Waals surface area contributed by atoms with Crippen molar-refractivity contribution in [3.63, 3.8) is 0 Å². The van der Waals surface area contributed by atoms with Crippen molar-refractivity contribution in [1.29, 1.82) is 0 Å². The lowest BCUT2D eigenvalue weighted by atomic mass is 9.89. The van der Waals surface area contributed by atoms with Gasteiger partial charge in [-0.05, 0) is 61.7 Å². The van der Waals surface area contributed by atoms with Gasteiger partial charge in [0.05, 0.1) is 10.4 Å². The van der Waals surface area contributed by atoms with Crippen molar-refractivity contribution in [3.8, 4) is 0 Å². The fourth-order valence-electron chi connectivity index (χ4n) is 4.21. The third-order valence-electron chi connectivity index (χ3n) is 5.90. The van der Waals surface area contributed by atoms with Gasteiger partial charge in [-0.1, -0.05) is 18.2 Å². The van der Waals surface area contributed by atoms with Crippen LogP contribution in [0.15, 0.2) is 41.8 Å². The van der Waals surface area contributed by atoms with Gasteiger partial charge in [-0.25, -0.2) is 4.98 Å². The molecule has 1 amide bonds. The molecule has 0 atom stereocenters. The van der Waals surface area contributed by atoms with Crippen molar-refractivity contribution in [2.75, 3.05) is 11.9 Å². The minimum Gasteiger partial charge on any atom is -0.371 e. The maximum absolute atomic E-state index is 13.4. The van der Waals surface area contributed by atoms with Crippen molar-refractivity contribution >= 4 is 33.8 Å². The number of alkyl halides is 3. The lowest BCUT2D eigenvalue weighted by molar-refractivity contribution is -0.140. The molecule has 0 radical (unpaired) electrons. The van der Waals surface area contributed by atoms with Gasteiger partial charge in [0, 0.05) is 30.2 Å². The van der Waals surface area contributed by atoms with Crippen LogP contribution < -0.4 is 10.2 Å². The summed E-state index contributed by atoms with van der Waals surface area (Å²) in [5.41, 5.74) is 1.08. The highest BCUT2D eigenvalue weighted by Crippen LogP contribution is 2.36. The Labute approximate surface area is 183 Å². The second-order valence-electron chi connectivity index (χ2n) is 8.12. The van der Waals surface area contributed by atoms with Gasteiger partial charge in [-0.15, -0.1) is 11.3 Å². The lowest BCUT2D eigenvalue weighted by Gasteiger charge is -2.36. The highest BCUT2D eigenvalue weighted by atomic mass is 32.1. The molecule has 1 fully saturated rings. The number of halogens is 3. The van der Waals surface area contributed by atoms with E-state index >= 15 is 0 Å². The van der Waals surface area contributed by atoms with Gasteiger partial charge in [-0.3, -0.25) is 4.79 Å². The number of nitrogens with zero attached hydrogens (tertiary/aromatic N) is 2. The van der Waals surface area contributed by atoms with Crippen LogP contribution in [-0.4, -0.2) is 30.0 Å². The highest BCUT2D eigenvalue weighted by Gasteiger charge is 2.34. The first-order valence-electron chi connectivity index (χ1n) is 10.3. The van der Waals surface area contributed by atoms with E-state index in [-0.39, 0.29) is 18.0 Å². The molecule has 1 N–H and O–H groups in total. The summed E-state index contributed by atoms with van der Waals surface area (Å²) in [6.45, 7) is 1.96. The van der Waals surface area contributed by atoms with Crippen molar-refractivity contribution in [2.45, 2.75) is 50.9 Å². The smallest absolute Gasteiger partial charge is 0.371 e. The van der Waals surface area contributed by atoms with Crippen LogP contribution in [0.25, 0.3) is 10.9 Å². The topological polar surface area (TPSA) is 45.2 Å². The van der Waals surface area contributed by atoms with Crippen LogP contribution >= 0.6 is 11.3 Å². The predicted octanol–water partition coefficient (Wildman–Crippen LogP) is 5.80. The summed E-state index contributed by atoms with van der Waals surface area (Å²) in [5, 5.41) is 5.76. The predicted molar refractivity (Wildman–Crippen MR) is 118 cm³/mol. The molecule has 164 valence electrons. The van der Waals surface area contributed by atoms with Gasteiger partial charge in [0.25, 0.3) is 5.91 Å². The Kier molecular flexibility index (Phi) is 5.92. The molecule has 4 nitrogen and oxygen atoms in total. The van der Waals surface area contributed by atoms with Crippen LogP contribution in [0.2, 0.25) is 0 Å². The fourth-order valence-corrected chi connectivity index (χ4v) is 5.01. The number of benzene rings is 1. The molecule has 1 aromatic carbocycles. The van der Waals surface area contributed by atoms with E-state index in [0.717, 1.165) is 37.3 Å². The Morgan fingerprint density at radius 3 is 2.52 bits per heavy atom. The second kappa shape index (κ2) is 8.49.